The summed E-state index contributed by atoms with van der Waals surface area (Å²) >= 11 is 1.46. The number of piperazine rings is 1. The van der Waals surface area contributed by atoms with E-state index in [0.717, 1.165) is 50.0 Å². The third kappa shape index (κ3) is 3.13. The molecule has 1 fully saturated rings. The lowest BCUT2D eigenvalue weighted by Gasteiger charge is -2.32. The third-order valence-electron chi connectivity index (χ3n) is 2.70. The molecule has 16 heavy (non-hydrogen) atoms. The van der Waals surface area contributed by atoms with Crippen LogP contribution in [0.2, 0.25) is 0 Å². The molecule has 5 nitrogen and oxygen atoms in total. The van der Waals surface area contributed by atoms with Gasteiger partial charge in [-0.1, -0.05) is 6.92 Å². The Morgan fingerprint density at radius 1 is 1.31 bits per heavy atom. The molecule has 0 amide bonds. The van der Waals surface area contributed by atoms with Gasteiger partial charge in [0.25, 0.3) is 0 Å². The summed E-state index contributed by atoms with van der Waals surface area (Å²) in [5.74, 6) is 0.962. The zero-order valence-corrected chi connectivity index (χ0v) is 10.8. The minimum Gasteiger partial charge on any atom is -0.304 e. The second kappa shape index (κ2) is 5.56. The number of hydrazine groups is 1. The fraction of sp³-hybridized carbons (Fsp3) is 0.800. The molecule has 1 aliphatic heterocycles. The van der Waals surface area contributed by atoms with Crippen LogP contribution < -0.4 is 5.43 Å². The number of hydrogen-bond acceptors (Lipinski definition) is 6. The zero-order chi connectivity index (χ0) is 11.4. The van der Waals surface area contributed by atoms with Crippen molar-refractivity contribution in [3.8, 4) is 0 Å². The van der Waals surface area contributed by atoms with Gasteiger partial charge in [0.2, 0.25) is 5.13 Å². The summed E-state index contributed by atoms with van der Waals surface area (Å²) in [5, 5.41) is 3.14. The zero-order valence-electron chi connectivity index (χ0n) is 9.94. The molecule has 2 rings (SSSR count). The molecule has 0 atom stereocenters. The van der Waals surface area contributed by atoms with Crippen molar-refractivity contribution in [3.63, 3.8) is 0 Å². The number of nitrogens with one attached hydrogen (secondary N) is 1. The summed E-state index contributed by atoms with van der Waals surface area (Å²) in [4.78, 5) is 6.79. The standard InChI is InChI=1S/C10H19N5S/c1-3-4-9-11-10(16-13-9)12-15-7-5-14(2)6-8-15/h3-8H2,1-2H3,(H,11,12,13). The van der Waals surface area contributed by atoms with Crippen LogP contribution in [0.15, 0.2) is 0 Å². The Kier molecular flexibility index (Phi) is 4.09. The van der Waals surface area contributed by atoms with Gasteiger partial charge < -0.3 is 4.90 Å². The van der Waals surface area contributed by atoms with Gasteiger partial charge in [0.05, 0.1) is 0 Å². The average Bonchev–Trinajstić information content (AvgIpc) is 2.70. The number of hydrogen-bond donors (Lipinski definition) is 1. The second-order valence-electron chi connectivity index (χ2n) is 4.17. The van der Waals surface area contributed by atoms with Gasteiger partial charge in [-0.25, -0.2) is 9.99 Å². The Morgan fingerprint density at radius 3 is 2.75 bits per heavy atom. The van der Waals surface area contributed by atoms with Crippen LogP contribution >= 0.6 is 11.5 Å². The lowest BCUT2D eigenvalue weighted by Crippen LogP contribution is -2.46. The van der Waals surface area contributed by atoms with E-state index in [1.807, 2.05) is 0 Å². The van der Waals surface area contributed by atoms with Crippen molar-refractivity contribution in [2.75, 3.05) is 38.7 Å². The SMILES string of the molecule is CCCc1nsc(NN2CCN(C)CC2)n1. The van der Waals surface area contributed by atoms with Crippen molar-refractivity contribution in [3.05, 3.63) is 5.82 Å². The lowest BCUT2D eigenvalue weighted by atomic mass is 10.3. The van der Waals surface area contributed by atoms with Crippen LogP contribution in [-0.2, 0) is 6.42 Å². The smallest absolute Gasteiger partial charge is 0.217 e. The molecule has 0 aliphatic carbocycles. The van der Waals surface area contributed by atoms with Gasteiger partial charge in [0.15, 0.2) is 0 Å². The van der Waals surface area contributed by atoms with Gasteiger partial charge in [-0.15, -0.1) is 0 Å². The highest BCUT2D eigenvalue weighted by atomic mass is 32.1. The van der Waals surface area contributed by atoms with Crippen LogP contribution in [-0.4, -0.2) is 52.5 Å². The van der Waals surface area contributed by atoms with Gasteiger partial charge in [0.1, 0.15) is 5.82 Å². The van der Waals surface area contributed by atoms with E-state index in [4.69, 9.17) is 0 Å². The molecule has 0 radical (unpaired) electrons. The maximum Gasteiger partial charge on any atom is 0.217 e. The molecule has 0 unspecified atom stereocenters. The van der Waals surface area contributed by atoms with Crippen LogP contribution in [0.25, 0.3) is 0 Å². The summed E-state index contributed by atoms with van der Waals surface area (Å²) in [6.07, 6.45) is 2.08. The van der Waals surface area contributed by atoms with Crippen LogP contribution in [0.1, 0.15) is 19.2 Å². The largest absolute Gasteiger partial charge is 0.304 e. The predicted molar refractivity (Wildman–Crippen MR) is 66.6 cm³/mol. The van der Waals surface area contributed by atoms with Gasteiger partial charge in [-0.05, 0) is 13.5 Å². The first-order chi connectivity index (χ1) is 7.78. The van der Waals surface area contributed by atoms with Crippen molar-refractivity contribution in [1.29, 1.82) is 0 Å². The highest BCUT2D eigenvalue weighted by Crippen LogP contribution is 2.13. The Labute approximate surface area is 101 Å². The fourth-order valence-electron chi connectivity index (χ4n) is 1.68. The van der Waals surface area contributed by atoms with Crippen LogP contribution in [0.5, 0.6) is 0 Å². The number of aryl methyl sites for hydroxylation is 1. The summed E-state index contributed by atoms with van der Waals surface area (Å²) in [5.41, 5.74) is 3.33. The number of nitrogens with zero attached hydrogens (tertiary/aromatic N) is 4. The van der Waals surface area contributed by atoms with Gasteiger partial charge in [-0.2, -0.15) is 4.37 Å². The molecule has 2 heterocycles. The number of anilines is 1. The Morgan fingerprint density at radius 2 is 2.06 bits per heavy atom. The molecule has 1 aliphatic rings. The van der Waals surface area contributed by atoms with Crippen LogP contribution in [0.3, 0.4) is 0 Å². The summed E-state index contributed by atoms with van der Waals surface area (Å²) in [6.45, 7) is 6.44. The van der Waals surface area contributed by atoms with E-state index in [0.29, 0.717) is 0 Å². The molecule has 1 aromatic heterocycles. The Hall–Kier alpha value is -0.720. The molecule has 0 bridgehead atoms. The maximum absolute atomic E-state index is 4.45. The molecule has 1 aromatic rings. The average molecular weight is 241 g/mol. The van der Waals surface area contributed by atoms with E-state index in [1.54, 1.807) is 0 Å². The fourth-order valence-corrected chi connectivity index (χ4v) is 2.32. The summed E-state index contributed by atoms with van der Waals surface area (Å²) in [6, 6.07) is 0. The molecular formula is C10H19N5S. The van der Waals surface area contributed by atoms with Crippen molar-refractivity contribution in [2.24, 2.45) is 0 Å². The highest BCUT2D eigenvalue weighted by Gasteiger charge is 2.14. The van der Waals surface area contributed by atoms with Gasteiger partial charge >= 0.3 is 0 Å². The molecule has 90 valence electrons. The van der Waals surface area contributed by atoms with E-state index in [9.17, 15) is 0 Å². The Balaban J connectivity index is 1.83. The first kappa shape index (κ1) is 11.8. The molecule has 1 saturated heterocycles. The van der Waals surface area contributed by atoms with Crippen molar-refractivity contribution < 1.29 is 0 Å². The highest BCUT2D eigenvalue weighted by molar-refractivity contribution is 7.09. The quantitative estimate of drug-likeness (QED) is 0.854. The topological polar surface area (TPSA) is 44.3 Å². The van der Waals surface area contributed by atoms with Crippen molar-refractivity contribution in [2.45, 2.75) is 19.8 Å². The number of aromatic nitrogens is 2. The van der Waals surface area contributed by atoms with Crippen LogP contribution in [0.4, 0.5) is 5.13 Å². The van der Waals surface area contributed by atoms with Crippen molar-refractivity contribution >= 4 is 16.7 Å². The molecular weight excluding hydrogens is 222 g/mol. The molecule has 0 aromatic carbocycles. The minimum absolute atomic E-state index is 0.924. The maximum atomic E-state index is 4.45. The van der Waals surface area contributed by atoms with E-state index in [2.05, 4.69) is 38.7 Å². The normalized spacial score (nSPS) is 18.9. The molecule has 1 N–H and O–H groups in total. The van der Waals surface area contributed by atoms with E-state index in [-0.39, 0.29) is 0 Å². The first-order valence-electron chi connectivity index (χ1n) is 5.80. The third-order valence-corrected chi connectivity index (χ3v) is 3.36. The number of likely N-dealkylation sites (N-methyl/N-ethyl adjacent to an activating group) is 1. The molecule has 0 spiro atoms. The molecule has 6 heteroatoms. The van der Waals surface area contributed by atoms with Gasteiger partial charge in [-0.3, -0.25) is 5.43 Å². The predicted octanol–water partition coefficient (Wildman–Crippen LogP) is 1.06. The monoisotopic (exact) mass is 241 g/mol. The Bertz CT molecular complexity index is 319. The lowest BCUT2D eigenvalue weighted by molar-refractivity contribution is 0.179. The van der Waals surface area contributed by atoms with Crippen molar-refractivity contribution in [1.82, 2.24) is 19.3 Å². The number of rotatable bonds is 4. The van der Waals surface area contributed by atoms with E-state index in [1.165, 1.54) is 11.5 Å². The summed E-state index contributed by atoms with van der Waals surface area (Å²) < 4.78 is 4.32. The molecule has 0 saturated carbocycles. The van der Waals surface area contributed by atoms with E-state index < -0.39 is 0 Å². The first-order valence-corrected chi connectivity index (χ1v) is 6.58. The van der Waals surface area contributed by atoms with Gasteiger partial charge in [0, 0.05) is 44.1 Å². The second-order valence-corrected chi connectivity index (χ2v) is 4.92. The minimum atomic E-state index is 0.924. The van der Waals surface area contributed by atoms with Crippen LogP contribution in [0, 0.1) is 0 Å². The summed E-state index contributed by atoms with van der Waals surface area (Å²) in [7, 11) is 2.15. The van der Waals surface area contributed by atoms with E-state index >= 15 is 0 Å².